The molecule has 0 bridgehead atoms. The summed E-state index contributed by atoms with van der Waals surface area (Å²) in [6, 6.07) is 6.11. The summed E-state index contributed by atoms with van der Waals surface area (Å²) < 4.78 is 25.7. The molecule has 1 aliphatic carbocycles. The molecule has 204 valence electrons. The quantitative estimate of drug-likeness (QED) is 0.375. The first kappa shape index (κ1) is 28.2. The lowest BCUT2D eigenvalue weighted by Crippen LogP contribution is -2.41. The number of pyridine rings is 2. The first-order valence-corrected chi connectivity index (χ1v) is 14.0. The van der Waals surface area contributed by atoms with E-state index >= 15 is 0 Å². The van der Waals surface area contributed by atoms with Crippen LogP contribution >= 0.6 is 11.6 Å². The molecule has 37 heavy (non-hydrogen) atoms. The number of halogens is 2. The minimum Gasteiger partial charge on any atom is -0.383 e. The van der Waals surface area contributed by atoms with Crippen LogP contribution in [0.1, 0.15) is 65.0 Å². The molecule has 1 saturated carbocycles. The van der Waals surface area contributed by atoms with Crippen LogP contribution in [0.3, 0.4) is 0 Å². The van der Waals surface area contributed by atoms with Crippen LogP contribution in [0.4, 0.5) is 10.2 Å². The Bertz CT molecular complexity index is 1030. The van der Waals surface area contributed by atoms with E-state index in [1.165, 1.54) is 18.9 Å². The third-order valence-corrected chi connectivity index (χ3v) is 7.97. The first-order valence-electron chi connectivity index (χ1n) is 13.7. The molecule has 6 nitrogen and oxygen atoms in total. The molecule has 2 aromatic rings. The maximum Gasteiger partial charge on any atom is 0.165 e. The van der Waals surface area contributed by atoms with Crippen molar-refractivity contribution in [1.29, 1.82) is 0 Å². The van der Waals surface area contributed by atoms with Crippen molar-refractivity contribution in [1.82, 2.24) is 15.3 Å². The molecular formula is C29H42ClFN4O2. The van der Waals surface area contributed by atoms with Gasteiger partial charge in [-0.2, -0.15) is 0 Å². The SMILES string of the molecule is COC[C@H](C)NC1CCC(Cc2cc(-c3ccc(F)c(NC[C@H]4CCOC(C)(C)C4)n3)c(Cl)cn2)CC1. The molecule has 0 aromatic carbocycles. The zero-order valence-corrected chi connectivity index (χ0v) is 23.4. The number of aromatic nitrogens is 2. The Kier molecular flexibility index (Phi) is 9.79. The van der Waals surface area contributed by atoms with Gasteiger partial charge in [-0.15, -0.1) is 0 Å². The summed E-state index contributed by atoms with van der Waals surface area (Å²) >= 11 is 6.54. The van der Waals surface area contributed by atoms with Gasteiger partial charge in [0.05, 0.1) is 22.9 Å². The van der Waals surface area contributed by atoms with Gasteiger partial charge in [0.15, 0.2) is 11.6 Å². The Morgan fingerprint density at radius 3 is 2.70 bits per heavy atom. The summed E-state index contributed by atoms with van der Waals surface area (Å²) in [6.45, 7) is 8.51. The van der Waals surface area contributed by atoms with E-state index in [1.54, 1.807) is 19.4 Å². The Balaban J connectivity index is 1.38. The molecule has 1 aliphatic heterocycles. The van der Waals surface area contributed by atoms with Crippen molar-refractivity contribution in [2.75, 3.05) is 32.2 Å². The molecule has 2 aromatic heterocycles. The molecule has 0 unspecified atom stereocenters. The summed E-state index contributed by atoms with van der Waals surface area (Å²) in [4.78, 5) is 9.22. The first-order chi connectivity index (χ1) is 17.7. The predicted octanol–water partition coefficient (Wildman–Crippen LogP) is 6.28. The van der Waals surface area contributed by atoms with Crippen molar-refractivity contribution in [3.8, 4) is 11.3 Å². The van der Waals surface area contributed by atoms with Crippen LogP contribution in [0.5, 0.6) is 0 Å². The average Bonchev–Trinajstić information content (AvgIpc) is 2.85. The Labute approximate surface area is 226 Å². The molecule has 2 N–H and O–H groups in total. The topological polar surface area (TPSA) is 68.3 Å². The molecule has 0 spiro atoms. The summed E-state index contributed by atoms with van der Waals surface area (Å²) in [5.41, 5.74) is 2.32. The van der Waals surface area contributed by atoms with Crippen LogP contribution in [0.25, 0.3) is 11.3 Å². The van der Waals surface area contributed by atoms with E-state index in [9.17, 15) is 4.39 Å². The van der Waals surface area contributed by atoms with Gasteiger partial charge in [-0.3, -0.25) is 4.98 Å². The highest BCUT2D eigenvalue weighted by Gasteiger charge is 2.29. The van der Waals surface area contributed by atoms with E-state index in [0.29, 0.717) is 41.2 Å². The molecule has 2 aliphatic rings. The number of hydrogen-bond acceptors (Lipinski definition) is 6. The van der Waals surface area contributed by atoms with Gasteiger partial charge in [-0.05, 0) is 95.8 Å². The standard InChI is InChI=1S/C29H42ClFN4O2/c1-19(18-36-4)34-22-7-5-20(6-8-22)13-23-14-24(25(30)17-32-23)27-10-9-26(31)28(35-27)33-16-21-11-12-37-29(2,3)15-21/h9-10,14,17,19-22,34H,5-8,11-13,15-16,18H2,1-4H3,(H,33,35)/t19-,20?,21-,22?/m0/s1. The zero-order chi connectivity index (χ0) is 26.4. The number of nitrogens with zero attached hydrogens (tertiary/aromatic N) is 2. The fourth-order valence-corrected chi connectivity index (χ4v) is 6.01. The van der Waals surface area contributed by atoms with Gasteiger partial charge in [0.2, 0.25) is 0 Å². The van der Waals surface area contributed by atoms with Crippen molar-refractivity contribution < 1.29 is 13.9 Å². The third kappa shape index (κ3) is 8.09. The lowest BCUT2D eigenvalue weighted by atomic mass is 9.83. The van der Waals surface area contributed by atoms with E-state index in [-0.39, 0.29) is 17.2 Å². The van der Waals surface area contributed by atoms with Crippen LogP contribution in [-0.4, -0.2) is 54.5 Å². The molecule has 2 atom stereocenters. The van der Waals surface area contributed by atoms with Crippen molar-refractivity contribution in [3.63, 3.8) is 0 Å². The molecular weight excluding hydrogens is 491 g/mol. The van der Waals surface area contributed by atoms with Crippen molar-refractivity contribution in [2.24, 2.45) is 11.8 Å². The van der Waals surface area contributed by atoms with Crippen molar-refractivity contribution in [2.45, 2.75) is 83.4 Å². The number of hydrogen-bond donors (Lipinski definition) is 2. The Hall–Kier alpha value is -1.80. The van der Waals surface area contributed by atoms with Gasteiger partial charge in [0.25, 0.3) is 0 Å². The minimum absolute atomic E-state index is 0.141. The summed E-state index contributed by atoms with van der Waals surface area (Å²) in [7, 11) is 1.75. The van der Waals surface area contributed by atoms with Crippen LogP contribution in [0.15, 0.2) is 24.4 Å². The second-order valence-electron chi connectivity index (χ2n) is 11.5. The van der Waals surface area contributed by atoms with E-state index in [2.05, 4.69) is 41.4 Å². The summed E-state index contributed by atoms with van der Waals surface area (Å²) in [5.74, 6) is 0.924. The number of methoxy groups -OCH3 is 1. The summed E-state index contributed by atoms with van der Waals surface area (Å²) in [5, 5.41) is 7.45. The average molecular weight is 533 g/mol. The second kappa shape index (κ2) is 12.8. The highest BCUT2D eigenvalue weighted by Crippen LogP contribution is 2.32. The zero-order valence-electron chi connectivity index (χ0n) is 22.7. The fourth-order valence-electron chi connectivity index (χ4n) is 5.81. The number of ether oxygens (including phenoxy) is 2. The Morgan fingerprint density at radius 2 is 1.97 bits per heavy atom. The van der Waals surface area contributed by atoms with Gasteiger partial charge in [-0.1, -0.05) is 11.6 Å². The highest BCUT2D eigenvalue weighted by atomic mass is 35.5. The Morgan fingerprint density at radius 1 is 1.19 bits per heavy atom. The summed E-state index contributed by atoms with van der Waals surface area (Å²) in [6.07, 6.45) is 9.18. The number of rotatable bonds is 10. The third-order valence-electron chi connectivity index (χ3n) is 7.67. The van der Waals surface area contributed by atoms with Gasteiger partial charge in [0.1, 0.15) is 0 Å². The molecule has 3 heterocycles. The minimum atomic E-state index is -0.356. The van der Waals surface area contributed by atoms with Crippen LogP contribution < -0.4 is 10.6 Å². The maximum atomic E-state index is 14.6. The van der Waals surface area contributed by atoms with Gasteiger partial charge in [0, 0.05) is 49.8 Å². The molecule has 0 radical (unpaired) electrons. The number of anilines is 1. The van der Waals surface area contributed by atoms with Gasteiger partial charge >= 0.3 is 0 Å². The maximum absolute atomic E-state index is 14.6. The van der Waals surface area contributed by atoms with Crippen molar-refractivity contribution in [3.05, 3.63) is 40.9 Å². The molecule has 2 fully saturated rings. The smallest absolute Gasteiger partial charge is 0.165 e. The van der Waals surface area contributed by atoms with E-state index < -0.39 is 0 Å². The second-order valence-corrected chi connectivity index (χ2v) is 11.9. The van der Waals surface area contributed by atoms with Gasteiger partial charge < -0.3 is 20.1 Å². The molecule has 1 saturated heterocycles. The van der Waals surface area contributed by atoms with Crippen LogP contribution in [-0.2, 0) is 15.9 Å². The van der Waals surface area contributed by atoms with E-state index in [0.717, 1.165) is 56.6 Å². The van der Waals surface area contributed by atoms with Crippen LogP contribution in [0.2, 0.25) is 5.02 Å². The largest absolute Gasteiger partial charge is 0.383 e. The van der Waals surface area contributed by atoms with Crippen molar-refractivity contribution >= 4 is 17.4 Å². The fraction of sp³-hybridized carbons (Fsp3) is 0.655. The number of nitrogens with one attached hydrogen (secondary N) is 2. The molecule has 4 rings (SSSR count). The molecule has 0 amide bonds. The monoisotopic (exact) mass is 532 g/mol. The van der Waals surface area contributed by atoms with Gasteiger partial charge in [-0.25, -0.2) is 9.37 Å². The predicted molar refractivity (Wildman–Crippen MR) is 148 cm³/mol. The molecule has 8 heteroatoms. The van der Waals surface area contributed by atoms with E-state index in [1.807, 2.05) is 6.07 Å². The lowest BCUT2D eigenvalue weighted by Gasteiger charge is -2.35. The highest BCUT2D eigenvalue weighted by molar-refractivity contribution is 6.33. The normalized spacial score (nSPS) is 24.5. The van der Waals surface area contributed by atoms with Crippen LogP contribution in [0, 0.1) is 17.7 Å². The lowest BCUT2D eigenvalue weighted by molar-refractivity contribution is -0.0699. The van der Waals surface area contributed by atoms with E-state index in [4.69, 9.17) is 21.1 Å².